The lowest BCUT2D eigenvalue weighted by Crippen LogP contribution is -2.26. The molecule has 2 N–H and O–H groups in total. The minimum atomic E-state index is -1.06. The summed E-state index contributed by atoms with van der Waals surface area (Å²) < 4.78 is 4.82. The highest BCUT2D eigenvalue weighted by atomic mass is 35.5. The number of halogens is 1. The molecule has 0 unspecified atom stereocenters. The SMILES string of the molecule is COCCNC(=O)c1ccc(/C=C/C(=O)O)c(Cl)c1. The number of benzene rings is 1. The van der Waals surface area contributed by atoms with Gasteiger partial charge >= 0.3 is 5.97 Å². The van der Waals surface area contributed by atoms with E-state index in [2.05, 4.69) is 5.32 Å². The zero-order valence-corrected chi connectivity index (χ0v) is 11.1. The molecule has 0 saturated heterocycles. The fourth-order valence-corrected chi connectivity index (χ4v) is 1.58. The third-order valence-electron chi connectivity index (χ3n) is 2.26. The van der Waals surface area contributed by atoms with Crippen molar-refractivity contribution in [1.82, 2.24) is 5.32 Å². The van der Waals surface area contributed by atoms with Crippen molar-refractivity contribution in [3.05, 3.63) is 40.4 Å². The Hall–Kier alpha value is -1.85. The number of rotatable bonds is 6. The minimum absolute atomic E-state index is 0.257. The van der Waals surface area contributed by atoms with Crippen LogP contribution in [0.1, 0.15) is 15.9 Å². The highest BCUT2D eigenvalue weighted by Crippen LogP contribution is 2.19. The molecule has 0 heterocycles. The van der Waals surface area contributed by atoms with Crippen LogP contribution in [0.15, 0.2) is 24.3 Å². The third-order valence-corrected chi connectivity index (χ3v) is 2.59. The Balaban J connectivity index is 2.76. The maximum absolute atomic E-state index is 11.7. The van der Waals surface area contributed by atoms with Gasteiger partial charge in [-0.2, -0.15) is 0 Å². The number of carboxylic acids is 1. The average molecular weight is 284 g/mol. The molecule has 1 aromatic rings. The minimum Gasteiger partial charge on any atom is -0.478 e. The Bertz CT molecular complexity index is 499. The number of methoxy groups -OCH3 is 1. The summed E-state index contributed by atoms with van der Waals surface area (Å²) >= 11 is 5.97. The molecule has 1 amide bonds. The van der Waals surface area contributed by atoms with E-state index in [-0.39, 0.29) is 5.91 Å². The molecule has 0 aliphatic carbocycles. The molecule has 0 saturated carbocycles. The summed E-state index contributed by atoms with van der Waals surface area (Å²) in [5.41, 5.74) is 0.950. The summed E-state index contributed by atoms with van der Waals surface area (Å²) in [6.45, 7) is 0.840. The van der Waals surface area contributed by atoms with E-state index in [9.17, 15) is 9.59 Å². The Morgan fingerprint density at radius 2 is 2.21 bits per heavy atom. The van der Waals surface area contributed by atoms with Gasteiger partial charge in [-0.05, 0) is 23.8 Å². The van der Waals surface area contributed by atoms with E-state index in [1.54, 1.807) is 19.2 Å². The zero-order valence-electron chi connectivity index (χ0n) is 10.4. The van der Waals surface area contributed by atoms with Crippen LogP contribution in [0.3, 0.4) is 0 Å². The van der Waals surface area contributed by atoms with E-state index in [0.717, 1.165) is 6.08 Å². The van der Waals surface area contributed by atoms with E-state index in [4.69, 9.17) is 21.4 Å². The van der Waals surface area contributed by atoms with Crippen molar-refractivity contribution in [1.29, 1.82) is 0 Å². The lowest BCUT2D eigenvalue weighted by molar-refractivity contribution is -0.131. The first-order chi connectivity index (χ1) is 9.04. The second-order valence-corrected chi connectivity index (χ2v) is 4.06. The number of carboxylic acid groups (broad SMARTS) is 1. The number of hydrogen-bond donors (Lipinski definition) is 2. The van der Waals surface area contributed by atoms with Gasteiger partial charge in [0.05, 0.1) is 6.61 Å². The van der Waals surface area contributed by atoms with Crippen molar-refractivity contribution in [2.24, 2.45) is 0 Å². The first-order valence-corrected chi connectivity index (χ1v) is 5.90. The third kappa shape index (κ3) is 5.11. The van der Waals surface area contributed by atoms with Crippen molar-refractivity contribution >= 4 is 29.6 Å². The van der Waals surface area contributed by atoms with E-state index in [1.807, 2.05) is 0 Å². The molecule has 0 aliphatic heterocycles. The van der Waals surface area contributed by atoms with Crippen LogP contribution in [-0.4, -0.2) is 37.2 Å². The quantitative estimate of drug-likeness (QED) is 0.617. The predicted octanol–water partition coefficient (Wildman–Crippen LogP) is 1.81. The Morgan fingerprint density at radius 1 is 1.47 bits per heavy atom. The molecule has 5 nitrogen and oxygen atoms in total. The van der Waals surface area contributed by atoms with Gasteiger partial charge in [0.15, 0.2) is 0 Å². The molecule has 0 atom stereocenters. The molecule has 0 spiro atoms. The van der Waals surface area contributed by atoms with Gasteiger partial charge in [-0.1, -0.05) is 17.7 Å². The van der Waals surface area contributed by atoms with Crippen LogP contribution in [-0.2, 0) is 9.53 Å². The molecule has 0 aromatic heterocycles. The van der Waals surface area contributed by atoms with Gasteiger partial charge in [0.2, 0.25) is 0 Å². The first-order valence-electron chi connectivity index (χ1n) is 5.52. The lowest BCUT2D eigenvalue weighted by Gasteiger charge is -2.06. The van der Waals surface area contributed by atoms with Crippen molar-refractivity contribution in [3.63, 3.8) is 0 Å². The summed E-state index contributed by atoms with van der Waals surface area (Å²) in [4.78, 5) is 22.1. The molecule has 1 aromatic carbocycles. The number of amides is 1. The van der Waals surface area contributed by atoms with Crippen LogP contribution in [0.25, 0.3) is 6.08 Å². The van der Waals surface area contributed by atoms with Crippen LogP contribution in [0.2, 0.25) is 5.02 Å². The average Bonchev–Trinajstić information content (AvgIpc) is 2.37. The predicted molar refractivity (Wildman–Crippen MR) is 72.3 cm³/mol. The molecular formula is C13H14ClNO4. The largest absolute Gasteiger partial charge is 0.478 e. The van der Waals surface area contributed by atoms with Crippen molar-refractivity contribution in [3.8, 4) is 0 Å². The monoisotopic (exact) mass is 283 g/mol. The fourth-order valence-electron chi connectivity index (χ4n) is 1.33. The number of aliphatic carboxylic acids is 1. The highest BCUT2D eigenvalue weighted by molar-refractivity contribution is 6.32. The molecule has 0 bridgehead atoms. The standard InChI is InChI=1S/C13H14ClNO4/c1-19-7-6-15-13(18)10-3-2-9(11(14)8-10)4-5-12(16)17/h2-5,8H,6-7H2,1H3,(H,15,18)(H,16,17)/b5-4+. The van der Waals surface area contributed by atoms with Gasteiger partial charge in [0.1, 0.15) is 0 Å². The van der Waals surface area contributed by atoms with Gasteiger partial charge in [0.25, 0.3) is 5.91 Å². The number of ether oxygens (including phenoxy) is 1. The molecule has 0 radical (unpaired) electrons. The Labute approximate surface area is 115 Å². The van der Waals surface area contributed by atoms with Gasteiger partial charge in [0, 0.05) is 30.3 Å². The Kier molecular flexibility index (Phi) is 6.05. The number of carbonyl (C=O) groups is 2. The first kappa shape index (κ1) is 15.2. The lowest BCUT2D eigenvalue weighted by atomic mass is 10.1. The van der Waals surface area contributed by atoms with E-state index in [0.29, 0.717) is 29.3 Å². The summed E-state index contributed by atoms with van der Waals surface area (Å²) in [6, 6.07) is 4.66. The molecule has 1 rings (SSSR count). The van der Waals surface area contributed by atoms with E-state index >= 15 is 0 Å². The maximum atomic E-state index is 11.7. The van der Waals surface area contributed by atoms with Gasteiger partial charge < -0.3 is 15.2 Å². The molecule has 0 fully saturated rings. The molecule has 6 heteroatoms. The second kappa shape index (κ2) is 7.56. The van der Waals surface area contributed by atoms with Crippen LogP contribution in [0, 0.1) is 0 Å². The van der Waals surface area contributed by atoms with Crippen LogP contribution < -0.4 is 5.32 Å². The van der Waals surface area contributed by atoms with Gasteiger partial charge in [-0.25, -0.2) is 4.79 Å². The van der Waals surface area contributed by atoms with Gasteiger partial charge in [-0.3, -0.25) is 4.79 Å². The summed E-state index contributed by atoms with van der Waals surface area (Å²) in [7, 11) is 1.55. The van der Waals surface area contributed by atoms with E-state index < -0.39 is 5.97 Å². The molecule has 102 valence electrons. The molecule has 0 aliphatic rings. The number of carbonyl (C=O) groups excluding carboxylic acids is 1. The van der Waals surface area contributed by atoms with Gasteiger partial charge in [-0.15, -0.1) is 0 Å². The molecular weight excluding hydrogens is 270 g/mol. The number of hydrogen-bond acceptors (Lipinski definition) is 3. The normalized spacial score (nSPS) is 10.6. The Morgan fingerprint density at radius 3 is 2.79 bits per heavy atom. The van der Waals surface area contributed by atoms with Crippen molar-refractivity contribution < 1.29 is 19.4 Å². The topological polar surface area (TPSA) is 75.6 Å². The maximum Gasteiger partial charge on any atom is 0.328 e. The zero-order chi connectivity index (χ0) is 14.3. The van der Waals surface area contributed by atoms with E-state index in [1.165, 1.54) is 12.1 Å². The second-order valence-electron chi connectivity index (χ2n) is 3.66. The van der Waals surface area contributed by atoms with Crippen molar-refractivity contribution in [2.45, 2.75) is 0 Å². The smallest absolute Gasteiger partial charge is 0.328 e. The van der Waals surface area contributed by atoms with Crippen LogP contribution in [0.4, 0.5) is 0 Å². The highest BCUT2D eigenvalue weighted by Gasteiger charge is 2.07. The fraction of sp³-hybridized carbons (Fsp3) is 0.231. The summed E-state index contributed by atoms with van der Waals surface area (Å²) in [6.07, 6.45) is 2.36. The summed E-state index contributed by atoms with van der Waals surface area (Å²) in [5.74, 6) is -1.31. The summed E-state index contributed by atoms with van der Waals surface area (Å²) in [5, 5.41) is 11.5. The number of nitrogens with one attached hydrogen (secondary N) is 1. The van der Waals surface area contributed by atoms with Crippen LogP contribution >= 0.6 is 11.6 Å². The molecule has 19 heavy (non-hydrogen) atoms. The van der Waals surface area contributed by atoms with Crippen molar-refractivity contribution in [2.75, 3.05) is 20.3 Å². The van der Waals surface area contributed by atoms with Crippen LogP contribution in [0.5, 0.6) is 0 Å².